The molecule has 0 unspecified atom stereocenters. The van der Waals surface area contributed by atoms with E-state index in [1.807, 2.05) is 0 Å². The van der Waals surface area contributed by atoms with E-state index < -0.39 is 0 Å². The summed E-state index contributed by atoms with van der Waals surface area (Å²) < 4.78 is 14.1. The third-order valence-electron chi connectivity index (χ3n) is 3.61. The average Bonchev–Trinajstić information content (AvgIpc) is 3.28. The molecule has 1 aromatic carbocycles. The summed E-state index contributed by atoms with van der Waals surface area (Å²) in [5.41, 5.74) is 1.87. The van der Waals surface area contributed by atoms with Crippen molar-refractivity contribution in [3.8, 4) is 0 Å². The number of fused-ring (bicyclic) bond motifs is 1. The van der Waals surface area contributed by atoms with Gasteiger partial charge in [0, 0.05) is 18.6 Å². The normalized spacial score (nSPS) is 10.9. The van der Waals surface area contributed by atoms with Gasteiger partial charge in [0.05, 0.1) is 34.3 Å². The molecule has 6 nitrogen and oxygen atoms in total. The summed E-state index contributed by atoms with van der Waals surface area (Å²) >= 11 is 1.26. The number of aromatic nitrogens is 4. The Morgan fingerprint density at radius 1 is 1.24 bits per heavy atom. The minimum atomic E-state index is -0.332. The molecule has 124 valence electrons. The highest BCUT2D eigenvalue weighted by Gasteiger charge is 2.22. The van der Waals surface area contributed by atoms with Crippen LogP contribution in [0.3, 0.4) is 0 Å². The predicted molar refractivity (Wildman–Crippen MR) is 92.9 cm³/mol. The minimum Gasteiger partial charge on any atom is -0.347 e. The van der Waals surface area contributed by atoms with Crippen LogP contribution in [0.2, 0.25) is 0 Å². The lowest BCUT2D eigenvalue weighted by atomic mass is 10.2. The molecule has 4 rings (SSSR count). The highest BCUT2D eigenvalue weighted by Crippen LogP contribution is 2.31. The lowest BCUT2D eigenvalue weighted by molar-refractivity contribution is 0.0984. The number of pyridine rings is 1. The summed E-state index contributed by atoms with van der Waals surface area (Å²) in [6.07, 6.45) is 6.32. The van der Waals surface area contributed by atoms with Gasteiger partial charge >= 0.3 is 0 Å². The van der Waals surface area contributed by atoms with Crippen molar-refractivity contribution >= 4 is 32.6 Å². The Morgan fingerprint density at radius 3 is 2.92 bits per heavy atom. The Morgan fingerprint density at radius 2 is 2.16 bits per heavy atom. The van der Waals surface area contributed by atoms with Crippen LogP contribution in [0.5, 0.6) is 0 Å². The van der Waals surface area contributed by atoms with E-state index in [1.165, 1.54) is 34.6 Å². The molecule has 4 aromatic rings. The molecule has 1 N–H and O–H groups in total. The molecular weight excluding hydrogens is 341 g/mol. The standard InChI is InChI=1S/C17H12FN5OS/c18-12-3-4-14-15(6-12)25-17(22-14)23(9-13-8-20-10-21-13)16(24)11-2-1-5-19-7-11/h1-8,10H,9H2,(H,20,21). The van der Waals surface area contributed by atoms with Gasteiger partial charge in [0.2, 0.25) is 0 Å². The van der Waals surface area contributed by atoms with Crippen molar-refractivity contribution in [2.45, 2.75) is 6.54 Å². The summed E-state index contributed by atoms with van der Waals surface area (Å²) in [7, 11) is 0. The number of carbonyl (C=O) groups excluding carboxylic acids is 1. The van der Waals surface area contributed by atoms with Crippen molar-refractivity contribution in [1.29, 1.82) is 0 Å². The van der Waals surface area contributed by atoms with E-state index in [2.05, 4.69) is 19.9 Å². The molecule has 0 fully saturated rings. The molecular formula is C17H12FN5OS. The lowest BCUT2D eigenvalue weighted by Crippen LogP contribution is -2.30. The number of hydrogen-bond acceptors (Lipinski definition) is 5. The van der Waals surface area contributed by atoms with Gasteiger partial charge in [-0.1, -0.05) is 11.3 Å². The molecule has 0 spiro atoms. The molecule has 0 saturated carbocycles. The summed E-state index contributed by atoms with van der Waals surface area (Å²) in [5.74, 6) is -0.566. The van der Waals surface area contributed by atoms with Gasteiger partial charge in [0.15, 0.2) is 5.13 Å². The number of rotatable bonds is 4. The van der Waals surface area contributed by atoms with Crippen LogP contribution in [0.15, 0.2) is 55.2 Å². The van der Waals surface area contributed by atoms with Crippen LogP contribution in [0.4, 0.5) is 9.52 Å². The average molecular weight is 353 g/mol. The molecule has 8 heteroatoms. The predicted octanol–water partition coefficient (Wildman–Crippen LogP) is 3.40. The molecule has 1 amide bonds. The number of anilines is 1. The fourth-order valence-electron chi connectivity index (χ4n) is 2.41. The van der Waals surface area contributed by atoms with E-state index in [1.54, 1.807) is 36.9 Å². The number of nitrogens with zero attached hydrogens (tertiary/aromatic N) is 4. The number of H-pyrrole nitrogens is 1. The number of aromatic amines is 1. The van der Waals surface area contributed by atoms with Gasteiger partial charge in [-0.2, -0.15) is 0 Å². The van der Waals surface area contributed by atoms with Crippen molar-refractivity contribution in [3.63, 3.8) is 0 Å². The first-order valence-electron chi connectivity index (χ1n) is 7.46. The van der Waals surface area contributed by atoms with Gasteiger partial charge in [-0.15, -0.1) is 0 Å². The van der Waals surface area contributed by atoms with Crippen molar-refractivity contribution in [3.05, 3.63) is 72.3 Å². The zero-order valence-corrected chi connectivity index (χ0v) is 13.7. The number of nitrogens with one attached hydrogen (secondary N) is 1. The second-order valence-corrected chi connectivity index (χ2v) is 6.33. The first kappa shape index (κ1) is 15.4. The minimum absolute atomic E-state index is 0.234. The van der Waals surface area contributed by atoms with E-state index in [9.17, 15) is 9.18 Å². The van der Waals surface area contributed by atoms with Crippen LogP contribution in [0, 0.1) is 5.82 Å². The number of amides is 1. The van der Waals surface area contributed by atoms with Gasteiger partial charge in [-0.3, -0.25) is 14.7 Å². The van der Waals surface area contributed by atoms with Crippen LogP contribution in [-0.4, -0.2) is 25.8 Å². The zero-order chi connectivity index (χ0) is 17.2. The van der Waals surface area contributed by atoms with Crippen LogP contribution in [-0.2, 0) is 6.54 Å². The topological polar surface area (TPSA) is 74.8 Å². The van der Waals surface area contributed by atoms with Gasteiger partial charge in [-0.25, -0.2) is 14.4 Å². The fourth-order valence-corrected chi connectivity index (χ4v) is 3.40. The van der Waals surface area contributed by atoms with Crippen molar-refractivity contribution < 1.29 is 9.18 Å². The Bertz CT molecular complexity index is 1020. The Labute approximate surface area is 146 Å². The first-order valence-corrected chi connectivity index (χ1v) is 8.27. The van der Waals surface area contributed by atoms with Crippen molar-refractivity contribution in [2.75, 3.05) is 4.90 Å². The molecule has 0 bridgehead atoms. The number of hydrogen-bond donors (Lipinski definition) is 1. The fraction of sp³-hybridized carbons (Fsp3) is 0.0588. The van der Waals surface area contributed by atoms with Gasteiger partial charge < -0.3 is 4.98 Å². The smallest absolute Gasteiger partial charge is 0.261 e. The Hall–Kier alpha value is -3.13. The highest BCUT2D eigenvalue weighted by atomic mass is 32.1. The van der Waals surface area contributed by atoms with Crippen molar-refractivity contribution in [2.24, 2.45) is 0 Å². The largest absolute Gasteiger partial charge is 0.347 e. The van der Waals surface area contributed by atoms with Gasteiger partial charge in [0.25, 0.3) is 5.91 Å². The lowest BCUT2D eigenvalue weighted by Gasteiger charge is -2.18. The molecule has 0 aliphatic carbocycles. The number of carbonyl (C=O) groups is 1. The van der Waals surface area contributed by atoms with Crippen LogP contribution in [0.25, 0.3) is 10.2 Å². The van der Waals surface area contributed by atoms with Gasteiger partial charge in [0.1, 0.15) is 5.82 Å². The summed E-state index contributed by atoms with van der Waals surface area (Å²) in [6, 6.07) is 7.78. The maximum absolute atomic E-state index is 13.5. The van der Waals surface area contributed by atoms with E-state index in [0.717, 1.165) is 5.69 Å². The van der Waals surface area contributed by atoms with E-state index in [0.29, 0.717) is 20.9 Å². The molecule has 0 aliphatic heterocycles. The van der Waals surface area contributed by atoms with Crippen LogP contribution >= 0.6 is 11.3 Å². The maximum Gasteiger partial charge on any atom is 0.261 e. The summed E-state index contributed by atoms with van der Waals surface area (Å²) in [6.45, 7) is 0.274. The number of thiazole rings is 1. The molecule has 3 heterocycles. The second kappa shape index (κ2) is 6.40. The summed E-state index contributed by atoms with van der Waals surface area (Å²) in [5, 5.41) is 0.490. The quantitative estimate of drug-likeness (QED) is 0.610. The summed E-state index contributed by atoms with van der Waals surface area (Å²) in [4.78, 5) is 29.9. The molecule has 3 aromatic heterocycles. The van der Waals surface area contributed by atoms with E-state index in [-0.39, 0.29) is 18.3 Å². The Balaban J connectivity index is 1.77. The number of benzene rings is 1. The number of halogens is 1. The molecule has 0 saturated heterocycles. The monoisotopic (exact) mass is 353 g/mol. The molecule has 0 radical (unpaired) electrons. The van der Waals surface area contributed by atoms with E-state index >= 15 is 0 Å². The SMILES string of the molecule is O=C(c1cccnc1)N(Cc1cnc[nH]1)c1nc2ccc(F)cc2s1. The Kier molecular flexibility index (Phi) is 3.95. The highest BCUT2D eigenvalue weighted by molar-refractivity contribution is 7.22. The van der Waals surface area contributed by atoms with E-state index in [4.69, 9.17) is 0 Å². The molecule has 0 atom stereocenters. The maximum atomic E-state index is 13.5. The second-order valence-electron chi connectivity index (χ2n) is 5.32. The third kappa shape index (κ3) is 3.11. The van der Waals surface area contributed by atoms with Crippen molar-refractivity contribution in [1.82, 2.24) is 19.9 Å². The molecule has 25 heavy (non-hydrogen) atoms. The number of imidazole rings is 1. The first-order chi connectivity index (χ1) is 12.2. The zero-order valence-electron chi connectivity index (χ0n) is 12.9. The third-order valence-corrected chi connectivity index (χ3v) is 4.65. The molecule has 0 aliphatic rings. The van der Waals surface area contributed by atoms with Crippen LogP contribution in [0.1, 0.15) is 16.1 Å². The van der Waals surface area contributed by atoms with Gasteiger partial charge in [-0.05, 0) is 30.3 Å². The van der Waals surface area contributed by atoms with Crippen LogP contribution < -0.4 is 4.90 Å².